The summed E-state index contributed by atoms with van der Waals surface area (Å²) in [5.74, 6) is 0.635. The molecule has 2 aromatic heterocycles. The van der Waals surface area contributed by atoms with Crippen molar-refractivity contribution < 1.29 is 14.6 Å². The fourth-order valence-corrected chi connectivity index (χ4v) is 3.78. The first-order valence-electron chi connectivity index (χ1n) is 9.66. The highest BCUT2D eigenvalue weighted by atomic mass is 28.3. The average molecular weight is 427 g/mol. The van der Waals surface area contributed by atoms with Gasteiger partial charge in [0.05, 0.1) is 0 Å². The van der Waals surface area contributed by atoms with Gasteiger partial charge in [-0.15, -0.1) is 0 Å². The van der Waals surface area contributed by atoms with Crippen LogP contribution < -0.4 is 0 Å². The summed E-state index contributed by atoms with van der Waals surface area (Å²) in [5, 5.41) is 19.0. The molecule has 2 heterocycles. The van der Waals surface area contributed by atoms with Crippen LogP contribution in [0.2, 0.25) is 51.4 Å². The summed E-state index contributed by atoms with van der Waals surface area (Å²) in [4.78, 5) is 8.33. The molecular formula is C17H34N6O3Si2. The molecule has 2 rings (SSSR count). The molecule has 158 valence electrons. The number of aliphatic hydroxyl groups excluding tert-OH is 1. The van der Waals surface area contributed by atoms with Gasteiger partial charge in [-0.2, -0.15) is 10.2 Å². The molecule has 0 fully saturated rings. The lowest BCUT2D eigenvalue weighted by atomic mass is 10.3. The first-order valence-corrected chi connectivity index (χ1v) is 17.1. The molecule has 0 aliphatic heterocycles. The summed E-state index contributed by atoms with van der Waals surface area (Å²) in [6, 6.07) is 2.17. The Bertz CT molecular complexity index is 723. The Morgan fingerprint density at radius 1 is 0.964 bits per heavy atom. The van der Waals surface area contributed by atoms with Crippen LogP contribution in [0.25, 0.3) is 0 Å². The molecule has 2 aromatic rings. The van der Waals surface area contributed by atoms with Gasteiger partial charge in [-0.25, -0.2) is 19.3 Å². The number of aromatic nitrogens is 6. The van der Waals surface area contributed by atoms with Crippen LogP contribution >= 0.6 is 0 Å². The topological polar surface area (TPSA) is 100 Å². The van der Waals surface area contributed by atoms with E-state index in [0.29, 0.717) is 25.8 Å². The number of hydrogen-bond donors (Lipinski definition) is 1. The maximum absolute atomic E-state index is 10.6. The second-order valence-electron chi connectivity index (χ2n) is 9.36. The molecule has 0 aliphatic rings. The predicted octanol–water partition coefficient (Wildman–Crippen LogP) is 2.58. The summed E-state index contributed by atoms with van der Waals surface area (Å²) in [7, 11) is -2.25. The molecule has 9 nitrogen and oxygen atoms in total. The maximum atomic E-state index is 10.6. The van der Waals surface area contributed by atoms with Crippen LogP contribution in [0, 0.1) is 0 Å². The molecule has 0 saturated carbocycles. The minimum Gasteiger partial charge on any atom is -0.377 e. The van der Waals surface area contributed by atoms with Crippen molar-refractivity contribution in [3.05, 3.63) is 24.3 Å². The van der Waals surface area contributed by atoms with Crippen LogP contribution in [0.15, 0.2) is 12.7 Å². The average Bonchev–Trinajstić information content (AvgIpc) is 3.22. The number of ether oxygens (including phenoxy) is 2. The summed E-state index contributed by atoms with van der Waals surface area (Å²) >= 11 is 0. The Balaban J connectivity index is 1.86. The number of rotatable bonds is 12. The van der Waals surface area contributed by atoms with Crippen LogP contribution in [0.3, 0.4) is 0 Å². The zero-order valence-corrected chi connectivity index (χ0v) is 19.9. The minimum atomic E-state index is -1.14. The molecule has 0 bridgehead atoms. The van der Waals surface area contributed by atoms with Crippen molar-refractivity contribution in [1.82, 2.24) is 29.5 Å². The fraction of sp³-hybridized carbons (Fsp3) is 0.765. The lowest BCUT2D eigenvalue weighted by Crippen LogP contribution is -2.22. The molecule has 0 spiro atoms. The van der Waals surface area contributed by atoms with Gasteiger partial charge in [0, 0.05) is 29.4 Å². The molecule has 0 aromatic carbocycles. The van der Waals surface area contributed by atoms with Gasteiger partial charge in [-0.1, -0.05) is 39.3 Å². The van der Waals surface area contributed by atoms with E-state index in [0.717, 1.165) is 12.1 Å². The van der Waals surface area contributed by atoms with E-state index in [1.165, 1.54) is 6.33 Å². The van der Waals surface area contributed by atoms with Crippen molar-refractivity contribution in [3.8, 4) is 0 Å². The minimum absolute atomic E-state index is 0.247. The van der Waals surface area contributed by atoms with Gasteiger partial charge in [-0.05, 0) is 12.1 Å². The van der Waals surface area contributed by atoms with E-state index in [9.17, 15) is 5.11 Å². The Labute approximate surface area is 169 Å². The molecule has 0 radical (unpaired) electrons. The Morgan fingerprint density at radius 3 is 2.18 bits per heavy atom. The van der Waals surface area contributed by atoms with E-state index in [1.807, 2.05) is 0 Å². The molecule has 1 atom stereocenters. The molecule has 11 heteroatoms. The number of aliphatic hydroxyl groups is 1. The summed E-state index contributed by atoms with van der Waals surface area (Å²) < 4.78 is 14.5. The molecule has 0 amide bonds. The van der Waals surface area contributed by atoms with Gasteiger partial charge in [0.25, 0.3) is 0 Å². The smallest absolute Gasteiger partial charge is 0.187 e. The largest absolute Gasteiger partial charge is 0.377 e. The van der Waals surface area contributed by atoms with Crippen LogP contribution in [0.1, 0.15) is 17.8 Å². The third kappa shape index (κ3) is 7.91. The van der Waals surface area contributed by atoms with Crippen molar-refractivity contribution >= 4 is 16.1 Å². The number of hydrogen-bond acceptors (Lipinski definition) is 7. The summed E-state index contributed by atoms with van der Waals surface area (Å²) in [5.41, 5.74) is 0. The Hall–Kier alpha value is -1.41. The molecular weight excluding hydrogens is 392 g/mol. The first-order chi connectivity index (χ1) is 13.1. The molecule has 1 unspecified atom stereocenters. The predicted molar refractivity (Wildman–Crippen MR) is 112 cm³/mol. The highest BCUT2D eigenvalue weighted by Crippen LogP contribution is 2.16. The lowest BCUT2D eigenvalue weighted by molar-refractivity contribution is 0.0678. The molecule has 28 heavy (non-hydrogen) atoms. The Morgan fingerprint density at radius 2 is 1.57 bits per heavy atom. The monoisotopic (exact) mass is 426 g/mol. The number of nitrogens with zero attached hydrogens (tertiary/aromatic N) is 6. The quantitative estimate of drug-likeness (QED) is 0.411. The van der Waals surface area contributed by atoms with Crippen LogP contribution in [0.5, 0.6) is 0 Å². The molecule has 0 saturated heterocycles. The van der Waals surface area contributed by atoms with E-state index in [1.54, 1.807) is 15.7 Å². The van der Waals surface area contributed by atoms with Crippen molar-refractivity contribution in [2.75, 3.05) is 13.2 Å². The van der Waals surface area contributed by atoms with Crippen LogP contribution in [-0.4, -0.2) is 64.0 Å². The Kier molecular flexibility index (Phi) is 8.07. The molecule has 0 aliphatic carbocycles. The van der Waals surface area contributed by atoms with Crippen molar-refractivity contribution in [2.24, 2.45) is 0 Å². The van der Waals surface area contributed by atoms with Crippen molar-refractivity contribution in [2.45, 2.75) is 70.9 Å². The zero-order chi connectivity index (χ0) is 20.8. The third-order valence-electron chi connectivity index (χ3n) is 4.12. The third-order valence-corrected chi connectivity index (χ3v) is 7.53. The second-order valence-corrected chi connectivity index (χ2v) is 20.6. The van der Waals surface area contributed by atoms with Gasteiger partial charge in [-0.3, -0.25) is 0 Å². The van der Waals surface area contributed by atoms with Crippen molar-refractivity contribution in [3.63, 3.8) is 0 Å². The normalized spacial score (nSPS) is 13.8. The van der Waals surface area contributed by atoms with Crippen LogP contribution in [-0.2, 0) is 22.9 Å². The highest BCUT2D eigenvalue weighted by Gasteiger charge is 2.22. The summed E-state index contributed by atoms with van der Waals surface area (Å²) in [6.07, 6.45) is 1.89. The summed E-state index contributed by atoms with van der Waals surface area (Å²) in [6.45, 7) is 15.8. The van der Waals surface area contributed by atoms with E-state index in [4.69, 9.17) is 9.47 Å². The van der Waals surface area contributed by atoms with Gasteiger partial charge in [0.2, 0.25) is 0 Å². The van der Waals surface area contributed by atoms with Gasteiger partial charge in [0.15, 0.2) is 17.8 Å². The SMILES string of the molecule is C[Si](C)(C)CCOCn1cnc(C(O)c2ncnn2COCC[Si](C)(C)C)n1. The van der Waals surface area contributed by atoms with E-state index in [-0.39, 0.29) is 12.6 Å². The van der Waals surface area contributed by atoms with Crippen LogP contribution in [0.4, 0.5) is 0 Å². The second kappa shape index (κ2) is 9.87. The van der Waals surface area contributed by atoms with E-state index in [2.05, 4.69) is 59.4 Å². The zero-order valence-electron chi connectivity index (χ0n) is 17.9. The maximum Gasteiger partial charge on any atom is 0.187 e. The highest BCUT2D eigenvalue weighted by molar-refractivity contribution is 6.76. The van der Waals surface area contributed by atoms with Crippen molar-refractivity contribution in [1.29, 1.82) is 0 Å². The van der Waals surface area contributed by atoms with Gasteiger partial charge in [0.1, 0.15) is 26.1 Å². The standard InChI is InChI=1S/C17H34N6O3Si2/c1-27(2,3)9-7-25-13-22-12-19-16(21-22)15(24)17-18-11-20-23(17)14-26-8-10-28(4,5)6/h11-12,15,24H,7-10,13-14H2,1-6H3. The van der Waals surface area contributed by atoms with Gasteiger partial charge < -0.3 is 14.6 Å². The van der Waals surface area contributed by atoms with E-state index < -0.39 is 22.3 Å². The fourth-order valence-electron chi connectivity index (χ4n) is 2.26. The van der Waals surface area contributed by atoms with Gasteiger partial charge >= 0.3 is 0 Å². The first kappa shape index (κ1) is 22.9. The molecule has 1 N–H and O–H groups in total. The lowest BCUT2D eigenvalue weighted by Gasteiger charge is -2.16. The van der Waals surface area contributed by atoms with E-state index >= 15 is 0 Å².